The zero-order chi connectivity index (χ0) is 15.8. The van der Waals surface area contributed by atoms with Crippen LogP contribution in [0.5, 0.6) is 0 Å². The summed E-state index contributed by atoms with van der Waals surface area (Å²) < 4.78 is 7.50. The lowest BCUT2D eigenvalue weighted by Crippen LogP contribution is -2.62. The average Bonchev–Trinajstić information content (AvgIpc) is 3.23. The number of methoxy groups -OCH3 is 1. The van der Waals surface area contributed by atoms with Gasteiger partial charge >= 0.3 is 0 Å². The first-order valence-electron chi connectivity index (χ1n) is 8.20. The fraction of sp³-hybridized carbons (Fsp3) is 0.444. The van der Waals surface area contributed by atoms with E-state index in [9.17, 15) is 4.79 Å². The maximum Gasteiger partial charge on any atom is 0.251 e. The third-order valence-corrected chi connectivity index (χ3v) is 5.34. The number of amides is 1. The maximum absolute atomic E-state index is 12.6. The lowest BCUT2D eigenvalue weighted by atomic mass is 9.68. The fourth-order valence-electron chi connectivity index (χ4n) is 4.20. The van der Waals surface area contributed by atoms with Gasteiger partial charge in [-0.25, -0.2) is 4.98 Å². The number of ether oxygens (including phenoxy) is 1. The Labute approximate surface area is 137 Å². The molecule has 0 radical (unpaired) electrons. The molecule has 2 saturated carbocycles. The van der Waals surface area contributed by atoms with Gasteiger partial charge in [0, 0.05) is 32.2 Å². The van der Waals surface area contributed by atoms with Gasteiger partial charge in [0.1, 0.15) is 0 Å². The number of nitrogens with one attached hydrogen (secondary N) is 1. The Morgan fingerprint density at radius 1 is 1.39 bits per heavy atom. The van der Waals surface area contributed by atoms with Gasteiger partial charge < -0.3 is 14.6 Å². The van der Waals surface area contributed by atoms with Crippen LogP contribution in [0.25, 0.3) is 5.69 Å². The molecule has 2 aliphatic carbocycles. The van der Waals surface area contributed by atoms with Crippen LogP contribution in [0.4, 0.5) is 0 Å². The van der Waals surface area contributed by atoms with Crippen molar-refractivity contribution >= 4 is 5.91 Å². The first kappa shape index (κ1) is 14.5. The van der Waals surface area contributed by atoms with Crippen LogP contribution in [0.2, 0.25) is 0 Å². The normalized spacial score (nSPS) is 28.9. The van der Waals surface area contributed by atoms with Gasteiger partial charge in [0.15, 0.2) is 0 Å². The van der Waals surface area contributed by atoms with E-state index in [0.29, 0.717) is 17.4 Å². The molecule has 23 heavy (non-hydrogen) atoms. The molecule has 4 unspecified atom stereocenters. The number of carbonyl (C=O) groups excluding carboxylic acids is 1. The van der Waals surface area contributed by atoms with Crippen LogP contribution in [0.15, 0.2) is 43.0 Å². The third kappa shape index (κ3) is 2.45. The van der Waals surface area contributed by atoms with E-state index in [-0.39, 0.29) is 19.5 Å². The molecular weight excluding hydrogens is 290 g/mol. The van der Waals surface area contributed by atoms with E-state index < -0.39 is 0 Å². The predicted octanol–water partition coefficient (Wildman–Crippen LogP) is 2.66. The highest BCUT2D eigenvalue weighted by atomic mass is 16.5. The molecule has 2 aromatic rings. The molecule has 122 valence electrons. The zero-order valence-corrected chi connectivity index (χ0v) is 13.2. The van der Waals surface area contributed by atoms with Crippen molar-refractivity contribution in [2.45, 2.75) is 31.4 Å². The largest absolute Gasteiger partial charge is 0.379 e. The second kappa shape index (κ2) is 5.81. The van der Waals surface area contributed by atoms with E-state index in [2.05, 4.69) is 10.3 Å². The summed E-state index contributed by atoms with van der Waals surface area (Å²) >= 11 is 0. The van der Waals surface area contributed by atoms with E-state index in [1.54, 1.807) is 19.6 Å². The Bertz CT molecular complexity index is 704. The quantitative estimate of drug-likeness (QED) is 0.944. The van der Waals surface area contributed by atoms with Gasteiger partial charge in [-0.1, -0.05) is 12.5 Å². The molecule has 1 amide bonds. The number of nitrogens with zero attached hydrogens (tertiary/aromatic N) is 2. The monoisotopic (exact) mass is 313 g/mol. The molecule has 1 heterocycles. The summed E-state index contributed by atoms with van der Waals surface area (Å²) in [6.07, 6.45) is 9.17. The van der Waals surface area contributed by atoms with Crippen molar-refractivity contribution in [3.05, 3.63) is 48.5 Å². The molecular formula is C18H23N3O2. The van der Waals surface area contributed by atoms with Gasteiger partial charge in [-0.2, -0.15) is 0 Å². The number of rotatable bonds is 4. The number of fused-ring (bicyclic) bond motifs is 1. The van der Waals surface area contributed by atoms with E-state index in [1.165, 1.54) is 19.3 Å². The minimum atomic E-state index is -0.0237. The lowest BCUT2D eigenvalue weighted by Gasteiger charge is -2.48. The molecule has 4 rings (SSSR count). The van der Waals surface area contributed by atoms with Crippen LogP contribution in [-0.2, 0) is 4.74 Å². The first-order valence-corrected chi connectivity index (χ1v) is 8.20. The Balaban J connectivity index is 0.00000169. The molecule has 5 nitrogen and oxygen atoms in total. The van der Waals surface area contributed by atoms with E-state index in [1.807, 2.05) is 35.0 Å². The van der Waals surface area contributed by atoms with Crippen LogP contribution in [0.3, 0.4) is 0 Å². The van der Waals surface area contributed by atoms with E-state index in [0.717, 1.165) is 5.69 Å². The highest BCUT2D eigenvalue weighted by Crippen LogP contribution is 2.48. The maximum atomic E-state index is 12.6. The van der Waals surface area contributed by atoms with Crippen LogP contribution in [0, 0.1) is 11.8 Å². The minimum absolute atomic E-state index is 0. The Hall–Kier alpha value is -2.14. The molecule has 4 atom stereocenters. The van der Waals surface area contributed by atoms with Crippen molar-refractivity contribution in [3.8, 4) is 5.69 Å². The smallest absolute Gasteiger partial charge is 0.251 e. The summed E-state index contributed by atoms with van der Waals surface area (Å²) in [6.45, 7) is 0. The Morgan fingerprint density at radius 2 is 2.26 bits per heavy atom. The van der Waals surface area contributed by atoms with Gasteiger partial charge in [0.05, 0.1) is 18.5 Å². The van der Waals surface area contributed by atoms with Crippen molar-refractivity contribution in [2.75, 3.05) is 7.11 Å². The molecule has 1 N–H and O–H groups in total. The lowest BCUT2D eigenvalue weighted by molar-refractivity contribution is -0.0791. The second-order valence-electron chi connectivity index (χ2n) is 6.48. The number of hydrogen-bond acceptors (Lipinski definition) is 3. The van der Waals surface area contributed by atoms with Crippen molar-refractivity contribution in [1.29, 1.82) is 0 Å². The number of carbonyl (C=O) groups is 1. The number of benzene rings is 1. The van der Waals surface area contributed by atoms with Crippen LogP contribution in [-0.4, -0.2) is 34.7 Å². The Morgan fingerprint density at radius 3 is 3.04 bits per heavy atom. The highest BCUT2D eigenvalue weighted by Gasteiger charge is 2.53. The van der Waals surface area contributed by atoms with Crippen LogP contribution >= 0.6 is 0 Å². The van der Waals surface area contributed by atoms with Crippen molar-refractivity contribution in [3.63, 3.8) is 0 Å². The topological polar surface area (TPSA) is 56.1 Å². The number of aromatic nitrogens is 2. The molecule has 5 heteroatoms. The van der Waals surface area contributed by atoms with Gasteiger partial charge in [0.25, 0.3) is 5.91 Å². The predicted molar refractivity (Wildman–Crippen MR) is 88.6 cm³/mol. The summed E-state index contributed by atoms with van der Waals surface area (Å²) in [7, 11) is 1.75. The van der Waals surface area contributed by atoms with E-state index in [4.69, 9.17) is 4.74 Å². The van der Waals surface area contributed by atoms with Crippen molar-refractivity contribution in [2.24, 2.45) is 11.8 Å². The molecule has 0 saturated heterocycles. The van der Waals surface area contributed by atoms with E-state index >= 15 is 0 Å². The molecule has 0 aliphatic heterocycles. The summed E-state index contributed by atoms with van der Waals surface area (Å²) in [6, 6.07) is 7.76. The first-order chi connectivity index (χ1) is 11.3. The molecule has 2 fully saturated rings. The summed E-state index contributed by atoms with van der Waals surface area (Å²) in [5.41, 5.74) is 1.61. The summed E-state index contributed by atoms with van der Waals surface area (Å²) in [5.74, 6) is 1.19. The van der Waals surface area contributed by atoms with Gasteiger partial charge in [-0.15, -0.1) is 0 Å². The zero-order valence-electron chi connectivity index (χ0n) is 13.2. The molecule has 1 aromatic heterocycles. The highest BCUT2D eigenvalue weighted by molar-refractivity contribution is 5.95. The molecule has 0 bridgehead atoms. The number of imidazole rings is 1. The SMILES string of the molecule is COC1C2CCCC2C1NC(=O)c1cccc(-n2ccnc2)c1.[HH]. The molecule has 1 aromatic carbocycles. The van der Waals surface area contributed by atoms with Gasteiger partial charge in [-0.05, 0) is 42.9 Å². The molecule has 2 aliphatic rings. The second-order valence-corrected chi connectivity index (χ2v) is 6.48. The third-order valence-electron chi connectivity index (χ3n) is 5.34. The molecule has 0 spiro atoms. The fourth-order valence-corrected chi connectivity index (χ4v) is 4.20. The Kier molecular flexibility index (Phi) is 3.65. The number of hydrogen-bond donors (Lipinski definition) is 1. The van der Waals surface area contributed by atoms with Crippen LogP contribution < -0.4 is 5.32 Å². The standard InChI is InChI=1S/C18H21N3O2.H2/c1-23-17-15-7-3-6-14(15)16(17)20-18(22)12-4-2-5-13(10-12)21-9-8-19-11-21;/h2,4-5,8-11,14-17H,3,6-7H2,1H3,(H,20,22);1H. The van der Waals surface area contributed by atoms with Crippen molar-refractivity contribution in [1.82, 2.24) is 14.9 Å². The summed E-state index contributed by atoms with van der Waals surface area (Å²) in [5, 5.41) is 3.19. The minimum Gasteiger partial charge on any atom is -0.379 e. The van der Waals surface area contributed by atoms with Crippen LogP contribution in [0.1, 0.15) is 31.0 Å². The van der Waals surface area contributed by atoms with Crippen molar-refractivity contribution < 1.29 is 11.0 Å². The average molecular weight is 313 g/mol. The van der Waals surface area contributed by atoms with Gasteiger partial charge in [-0.3, -0.25) is 4.79 Å². The van der Waals surface area contributed by atoms with Gasteiger partial charge in [0.2, 0.25) is 0 Å². The summed E-state index contributed by atoms with van der Waals surface area (Å²) in [4.78, 5) is 16.7.